The lowest BCUT2D eigenvalue weighted by molar-refractivity contribution is -0.123. The van der Waals surface area contributed by atoms with Crippen molar-refractivity contribution >= 4 is 39.2 Å². The van der Waals surface area contributed by atoms with Crippen LogP contribution in [0.4, 0.5) is 11.5 Å². The molecule has 0 saturated carbocycles. The zero-order chi connectivity index (χ0) is 19.2. The summed E-state index contributed by atoms with van der Waals surface area (Å²) in [6.07, 6.45) is 3.36. The SMILES string of the molecule is Cc1ccc(NC(=O)CN2CCCC(C(=O)Nc3ccc(Br)cn3)C2)cc1. The van der Waals surface area contributed by atoms with Gasteiger partial charge in [-0.15, -0.1) is 0 Å². The fourth-order valence-corrected chi connectivity index (χ4v) is 3.37. The van der Waals surface area contributed by atoms with Crippen LogP contribution in [-0.4, -0.2) is 41.3 Å². The molecule has 1 unspecified atom stereocenters. The van der Waals surface area contributed by atoms with Gasteiger partial charge >= 0.3 is 0 Å². The molecule has 0 radical (unpaired) electrons. The van der Waals surface area contributed by atoms with Crippen LogP contribution in [0.2, 0.25) is 0 Å². The fourth-order valence-electron chi connectivity index (χ4n) is 3.13. The van der Waals surface area contributed by atoms with Crippen molar-refractivity contribution in [2.45, 2.75) is 19.8 Å². The van der Waals surface area contributed by atoms with E-state index in [1.165, 1.54) is 0 Å². The minimum atomic E-state index is -0.142. The van der Waals surface area contributed by atoms with E-state index in [0.29, 0.717) is 12.4 Å². The average molecular weight is 431 g/mol. The number of anilines is 2. The monoisotopic (exact) mass is 430 g/mol. The number of pyridine rings is 1. The molecule has 1 fully saturated rings. The number of hydrogen-bond donors (Lipinski definition) is 2. The zero-order valence-electron chi connectivity index (χ0n) is 15.2. The van der Waals surface area contributed by atoms with Crippen LogP contribution in [0, 0.1) is 12.8 Å². The summed E-state index contributed by atoms with van der Waals surface area (Å²) in [6, 6.07) is 11.3. The number of rotatable bonds is 5. The summed E-state index contributed by atoms with van der Waals surface area (Å²) >= 11 is 3.33. The van der Waals surface area contributed by atoms with Crippen molar-refractivity contribution in [2.75, 3.05) is 30.3 Å². The Hall–Kier alpha value is -2.25. The number of amides is 2. The number of likely N-dealkylation sites (tertiary alicyclic amines) is 1. The Bertz CT molecular complexity index is 793. The van der Waals surface area contributed by atoms with Crippen LogP contribution in [-0.2, 0) is 9.59 Å². The fraction of sp³-hybridized carbons (Fsp3) is 0.350. The molecule has 0 bridgehead atoms. The number of nitrogens with one attached hydrogen (secondary N) is 2. The van der Waals surface area contributed by atoms with Crippen molar-refractivity contribution in [3.8, 4) is 0 Å². The summed E-state index contributed by atoms with van der Waals surface area (Å²) in [6.45, 7) is 3.69. The summed E-state index contributed by atoms with van der Waals surface area (Å²) in [7, 11) is 0. The molecular formula is C20H23BrN4O2. The van der Waals surface area contributed by atoms with E-state index in [0.717, 1.165) is 35.1 Å². The molecular weight excluding hydrogens is 408 g/mol. The van der Waals surface area contributed by atoms with E-state index >= 15 is 0 Å². The van der Waals surface area contributed by atoms with Crippen LogP contribution in [0.15, 0.2) is 47.1 Å². The molecule has 0 aliphatic carbocycles. The molecule has 1 aliphatic rings. The molecule has 7 heteroatoms. The van der Waals surface area contributed by atoms with Gasteiger partial charge in [-0.05, 0) is 66.5 Å². The molecule has 0 spiro atoms. The Morgan fingerprint density at radius 1 is 1.19 bits per heavy atom. The third-order valence-corrected chi connectivity index (χ3v) is 5.03. The molecule has 142 valence electrons. The second-order valence-electron chi connectivity index (χ2n) is 6.84. The molecule has 2 heterocycles. The molecule has 2 aromatic rings. The van der Waals surface area contributed by atoms with Gasteiger partial charge < -0.3 is 10.6 Å². The molecule has 6 nitrogen and oxygen atoms in total. The van der Waals surface area contributed by atoms with Gasteiger partial charge in [0.2, 0.25) is 11.8 Å². The van der Waals surface area contributed by atoms with Gasteiger partial charge in [0.15, 0.2) is 0 Å². The Morgan fingerprint density at radius 2 is 1.96 bits per heavy atom. The van der Waals surface area contributed by atoms with Crippen molar-refractivity contribution < 1.29 is 9.59 Å². The van der Waals surface area contributed by atoms with Crippen molar-refractivity contribution in [1.82, 2.24) is 9.88 Å². The number of aryl methyl sites for hydroxylation is 1. The van der Waals surface area contributed by atoms with Crippen molar-refractivity contribution in [3.05, 3.63) is 52.6 Å². The van der Waals surface area contributed by atoms with Crippen molar-refractivity contribution in [1.29, 1.82) is 0 Å². The summed E-state index contributed by atoms with van der Waals surface area (Å²) in [5.74, 6) is 0.289. The lowest BCUT2D eigenvalue weighted by Gasteiger charge is -2.31. The normalized spacial score (nSPS) is 17.3. The van der Waals surface area contributed by atoms with E-state index in [1.54, 1.807) is 12.3 Å². The Kier molecular flexibility index (Phi) is 6.58. The van der Waals surface area contributed by atoms with Crippen LogP contribution in [0.3, 0.4) is 0 Å². The largest absolute Gasteiger partial charge is 0.325 e. The molecule has 3 rings (SSSR count). The van der Waals surface area contributed by atoms with Crippen LogP contribution in [0.5, 0.6) is 0 Å². The van der Waals surface area contributed by atoms with E-state index < -0.39 is 0 Å². The molecule has 1 aliphatic heterocycles. The van der Waals surface area contributed by atoms with E-state index in [-0.39, 0.29) is 24.3 Å². The predicted octanol–water partition coefficient (Wildman–Crippen LogP) is 3.44. The van der Waals surface area contributed by atoms with Gasteiger partial charge in [0.25, 0.3) is 0 Å². The molecule has 2 amide bonds. The van der Waals surface area contributed by atoms with Crippen LogP contribution in [0.1, 0.15) is 18.4 Å². The Labute approximate surface area is 167 Å². The van der Waals surface area contributed by atoms with E-state index in [4.69, 9.17) is 0 Å². The number of carbonyl (C=O) groups is 2. The highest BCUT2D eigenvalue weighted by Crippen LogP contribution is 2.19. The highest BCUT2D eigenvalue weighted by Gasteiger charge is 2.27. The highest BCUT2D eigenvalue weighted by molar-refractivity contribution is 9.10. The summed E-state index contributed by atoms with van der Waals surface area (Å²) in [4.78, 5) is 31.0. The number of halogens is 1. The quantitative estimate of drug-likeness (QED) is 0.761. The van der Waals surface area contributed by atoms with Gasteiger partial charge in [0.1, 0.15) is 5.82 Å². The summed E-state index contributed by atoms with van der Waals surface area (Å²) in [5.41, 5.74) is 1.94. The molecule has 1 atom stereocenters. The average Bonchev–Trinajstić information content (AvgIpc) is 2.65. The maximum atomic E-state index is 12.5. The van der Waals surface area contributed by atoms with Gasteiger partial charge in [-0.25, -0.2) is 4.98 Å². The Balaban J connectivity index is 1.50. The first-order valence-corrected chi connectivity index (χ1v) is 9.80. The summed E-state index contributed by atoms with van der Waals surface area (Å²) in [5, 5.41) is 5.77. The number of piperidine rings is 1. The molecule has 1 aromatic heterocycles. The van der Waals surface area contributed by atoms with Crippen molar-refractivity contribution in [2.24, 2.45) is 5.92 Å². The minimum absolute atomic E-state index is 0.0477. The minimum Gasteiger partial charge on any atom is -0.325 e. The molecule has 27 heavy (non-hydrogen) atoms. The van der Waals surface area contributed by atoms with E-state index in [1.807, 2.05) is 42.2 Å². The lowest BCUT2D eigenvalue weighted by Crippen LogP contribution is -2.44. The third-order valence-electron chi connectivity index (χ3n) is 4.56. The number of benzene rings is 1. The first kappa shape index (κ1) is 19.5. The topological polar surface area (TPSA) is 74.3 Å². The van der Waals surface area contributed by atoms with E-state index in [9.17, 15) is 9.59 Å². The van der Waals surface area contributed by atoms with E-state index in [2.05, 4.69) is 31.5 Å². The second kappa shape index (κ2) is 9.10. The van der Waals surface area contributed by atoms with Gasteiger partial charge in [-0.1, -0.05) is 17.7 Å². The maximum Gasteiger partial charge on any atom is 0.238 e. The first-order valence-electron chi connectivity index (χ1n) is 9.01. The Morgan fingerprint density at radius 3 is 2.67 bits per heavy atom. The van der Waals surface area contributed by atoms with Gasteiger partial charge in [-0.2, -0.15) is 0 Å². The molecule has 2 N–H and O–H groups in total. The standard InChI is InChI=1S/C20H23BrN4O2/c1-14-4-7-17(8-5-14)23-19(26)13-25-10-2-3-15(12-25)20(27)24-18-9-6-16(21)11-22-18/h4-9,11,15H,2-3,10,12-13H2,1H3,(H,23,26)(H,22,24,27). The second-order valence-corrected chi connectivity index (χ2v) is 7.76. The predicted molar refractivity (Wildman–Crippen MR) is 110 cm³/mol. The van der Waals surface area contributed by atoms with Crippen LogP contribution in [0.25, 0.3) is 0 Å². The summed E-state index contributed by atoms with van der Waals surface area (Å²) < 4.78 is 0.865. The smallest absolute Gasteiger partial charge is 0.238 e. The van der Waals surface area contributed by atoms with Gasteiger partial charge in [-0.3, -0.25) is 14.5 Å². The zero-order valence-corrected chi connectivity index (χ0v) is 16.8. The third kappa shape index (κ3) is 5.87. The van der Waals surface area contributed by atoms with Crippen LogP contribution < -0.4 is 10.6 Å². The van der Waals surface area contributed by atoms with Crippen molar-refractivity contribution in [3.63, 3.8) is 0 Å². The number of nitrogens with zero attached hydrogens (tertiary/aromatic N) is 2. The first-order chi connectivity index (χ1) is 13.0. The van der Waals surface area contributed by atoms with Crippen LogP contribution >= 0.6 is 15.9 Å². The number of carbonyl (C=O) groups excluding carboxylic acids is 2. The number of hydrogen-bond acceptors (Lipinski definition) is 4. The number of aromatic nitrogens is 1. The van der Waals surface area contributed by atoms with Gasteiger partial charge in [0.05, 0.1) is 12.5 Å². The lowest BCUT2D eigenvalue weighted by atomic mass is 9.97. The maximum absolute atomic E-state index is 12.5. The van der Waals surface area contributed by atoms with Gasteiger partial charge in [0, 0.05) is 22.9 Å². The molecule has 1 aromatic carbocycles. The molecule has 1 saturated heterocycles. The highest BCUT2D eigenvalue weighted by atomic mass is 79.9.